The van der Waals surface area contributed by atoms with Crippen molar-refractivity contribution in [3.63, 3.8) is 0 Å². The number of carbonyl (C=O) groups is 1. The largest absolute Gasteiger partial charge is 0.378 e. The van der Waals surface area contributed by atoms with Crippen molar-refractivity contribution in [1.82, 2.24) is 19.9 Å². The highest BCUT2D eigenvalue weighted by Gasteiger charge is 2.18. The van der Waals surface area contributed by atoms with E-state index in [1.165, 1.54) is 0 Å². The Labute approximate surface area is 197 Å². The molecule has 0 atom stereocenters. The molecule has 5 rings (SSSR count). The molecule has 0 radical (unpaired) electrons. The van der Waals surface area contributed by atoms with E-state index in [4.69, 9.17) is 10.1 Å². The summed E-state index contributed by atoms with van der Waals surface area (Å²) in [6.07, 6.45) is 7.00. The molecule has 1 aliphatic rings. The van der Waals surface area contributed by atoms with Gasteiger partial charge in [0, 0.05) is 41.3 Å². The van der Waals surface area contributed by atoms with Gasteiger partial charge in [0.15, 0.2) is 0 Å². The van der Waals surface area contributed by atoms with Crippen molar-refractivity contribution in [2.75, 3.05) is 26.3 Å². The molecule has 0 aliphatic carbocycles. The number of nitrogens with one attached hydrogen (secondary N) is 3. The van der Waals surface area contributed by atoms with Gasteiger partial charge in [-0.1, -0.05) is 18.1 Å². The number of allylic oxidation sites excluding steroid dienone is 1. The molecule has 0 bridgehead atoms. The van der Waals surface area contributed by atoms with Crippen LogP contribution in [0.3, 0.4) is 0 Å². The fraction of sp³-hybridized carbons (Fsp3) is 0.148. The Bertz CT molecular complexity index is 1430. The molecule has 34 heavy (non-hydrogen) atoms. The van der Waals surface area contributed by atoms with Crippen molar-refractivity contribution >= 4 is 28.6 Å². The molecule has 0 unspecified atom stereocenters. The highest BCUT2D eigenvalue weighted by Crippen LogP contribution is 2.14. The third kappa shape index (κ3) is 4.82. The third-order valence-corrected chi connectivity index (χ3v) is 5.64. The Hall–Kier alpha value is -4.41. The van der Waals surface area contributed by atoms with Crippen LogP contribution >= 0.6 is 0 Å². The van der Waals surface area contributed by atoms with Crippen molar-refractivity contribution in [3.05, 3.63) is 95.2 Å². The average molecular weight is 450 g/mol. The maximum absolute atomic E-state index is 12.6. The Kier molecular flexibility index (Phi) is 6.06. The number of ether oxygens (including phenoxy) is 1. The van der Waals surface area contributed by atoms with Crippen molar-refractivity contribution in [3.8, 4) is 11.8 Å². The zero-order valence-corrected chi connectivity index (χ0v) is 18.5. The molecule has 3 heterocycles. The summed E-state index contributed by atoms with van der Waals surface area (Å²) in [6.45, 7) is 2.36. The van der Waals surface area contributed by atoms with E-state index in [2.05, 4.69) is 26.8 Å². The fourth-order valence-corrected chi connectivity index (χ4v) is 3.76. The van der Waals surface area contributed by atoms with E-state index in [-0.39, 0.29) is 5.91 Å². The predicted octanol–water partition coefficient (Wildman–Crippen LogP) is 3.84. The van der Waals surface area contributed by atoms with E-state index in [1.54, 1.807) is 47.5 Å². The van der Waals surface area contributed by atoms with Crippen LogP contribution in [-0.4, -0.2) is 57.8 Å². The lowest BCUT2D eigenvalue weighted by molar-refractivity contribution is 0.0303. The zero-order valence-electron chi connectivity index (χ0n) is 18.5. The summed E-state index contributed by atoms with van der Waals surface area (Å²) in [7, 11) is 0. The Morgan fingerprint density at radius 3 is 2.68 bits per heavy atom. The average Bonchev–Trinajstić information content (AvgIpc) is 3.55. The van der Waals surface area contributed by atoms with E-state index in [1.807, 2.05) is 30.5 Å². The van der Waals surface area contributed by atoms with Gasteiger partial charge >= 0.3 is 0 Å². The lowest BCUT2D eigenvalue weighted by Gasteiger charge is -2.26. The molecular weight excluding hydrogens is 426 g/mol. The van der Waals surface area contributed by atoms with Gasteiger partial charge in [-0.25, -0.2) is 4.98 Å². The highest BCUT2D eigenvalue weighted by molar-refractivity contribution is 6.09. The first-order valence-corrected chi connectivity index (χ1v) is 11.0. The number of benzene rings is 2. The standard InChI is InChI=1S/C27H23N5O2/c28-24(20-3-5-21(6-4-20)27(33)32-13-15-34-16-14-32)8-10-26-30-18-23(31-26)7-1-19-2-9-25-22(17-19)11-12-29-25/h2-6,8-12,17-18,28-29H,13-16H2,(H,30,31)/b10-8-,28-24?. The minimum Gasteiger partial charge on any atom is -0.378 e. The first-order valence-electron chi connectivity index (χ1n) is 11.0. The molecule has 168 valence electrons. The van der Waals surface area contributed by atoms with Gasteiger partial charge in [-0.15, -0.1) is 0 Å². The third-order valence-electron chi connectivity index (χ3n) is 5.64. The lowest BCUT2D eigenvalue weighted by Crippen LogP contribution is -2.40. The van der Waals surface area contributed by atoms with Crippen LogP contribution < -0.4 is 0 Å². The van der Waals surface area contributed by atoms with Gasteiger partial charge in [0.2, 0.25) is 0 Å². The van der Waals surface area contributed by atoms with Crippen molar-refractivity contribution in [1.29, 1.82) is 5.41 Å². The summed E-state index contributed by atoms with van der Waals surface area (Å²) in [5.74, 6) is 6.85. The summed E-state index contributed by atoms with van der Waals surface area (Å²) >= 11 is 0. The Balaban J connectivity index is 1.21. The van der Waals surface area contributed by atoms with Crippen LogP contribution in [0.5, 0.6) is 0 Å². The molecule has 1 saturated heterocycles. The van der Waals surface area contributed by atoms with Gasteiger partial charge < -0.3 is 25.0 Å². The zero-order chi connectivity index (χ0) is 23.3. The molecular formula is C27H23N5O2. The van der Waals surface area contributed by atoms with Crippen LogP contribution in [0.25, 0.3) is 17.0 Å². The monoisotopic (exact) mass is 449 g/mol. The number of hydrogen-bond acceptors (Lipinski definition) is 4. The number of aromatic amines is 2. The maximum Gasteiger partial charge on any atom is 0.254 e. The topological polar surface area (TPSA) is 97.9 Å². The Morgan fingerprint density at radius 2 is 1.85 bits per heavy atom. The molecule has 4 aromatic rings. The van der Waals surface area contributed by atoms with Crippen LogP contribution in [0.1, 0.15) is 33.0 Å². The minimum absolute atomic E-state index is 0.00540. The van der Waals surface area contributed by atoms with E-state index in [0.29, 0.717) is 49.1 Å². The lowest BCUT2D eigenvalue weighted by atomic mass is 10.1. The van der Waals surface area contributed by atoms with Gasteiger partial charge in [0.05, 0.1) is 25.1 Å². The molecule has 1 amide bonds. The Morgan fingerprint density at radius 1 is 1.06 bits per heavy atom. The number of hydrogen-bond donors (Lipinski definition) is 3. The van der Waals surface area contributed by atoms with Crippen LogP contribution in [0.15, 0.2) is 67.0 Å². The minimum atomic E-state index is -0.00540. The summed E-state index contributed by atoms with van der Waals surface area (Å²) < 4.78 is 5.30. The number of H-pyrrole nitrogens is 2. The van der Waals surface area contributed by atoms with Gasteiger partial charge in [-0.2, -0.15) is 0 Å². The van der Waals surface area contributed by atoms with Gasteiger partial charge in [0.1, 0.15) is 11.5 Å². The van der Waals surface area contributed by atoms with Crippen LogP contribution in [0.2, 0.25) is 0 Å². The number of carbonyl (C=O) groups excluding carboxylic acids is 1. The molecule has 0 saturated carbocycles. The second kappa shape index (κ2) is 9.61. The highest BCUT2D eigenvalue weighted by atomic mass is 16.5. The number of morpholine rings is 1. The van der Waals surface area contributed by atoms with E-state index in [9.17, 15) is 4.79 Å². The number of imidazole rings is 1. The van der Waals surface area contributed by atoms with Crippen molar-refractivity contribution < 1.29 is 9.53 Å². The van der Waals surface area contributed by atoms with Gasteiger partial charge in [-0.3, -0.25) is 4.79 Å². The SMILES string of the molecule is N=C(/C=C\c1ncc(C#Cc2ccc3[nH]ccc3c2)[nH]1)c1ccc(C(=O)N2CCOCC2)cc1. The summed E-state index contributed by atoms with van der Waals surface area (Å²) in [5.41, 5.74) is 4.38. The van der Waals surface area contributed by atoms with Gasteiger partial charge in [-0.05, 0) is 60.0 Å². The molecule has 1 aliphatic heterocycles. The quantitative estimate of drug-likeness (QED) is 0.326. The number of aromatic nitrogens is 3. The molecule has 1 fully saturated rings. The predicted molar refractivity (Wildman–Crippen MR) is 132 cm³/mol. The maximum atomic E-state index is 12.6. The second-order valence-electron chi connectivity index (χ2n) is 7.94. The summed E-state index contributed by atoms with van der Waals surface area (Å²) in [4.78, 5) is 25.0. The van der Waals surface area contributed by atoms with E-state index >= 15 is 0 Å². The number of amides is 1. The number of fused-ring (bicyclic) bond motifs is 1. The number of nitrogens with zero attached hydrogens (tertiary/aromatic N) is 2. The van der Waals surface area contributed by atoms with Crippen LogP contribution in [0.4, 0.5) is 0 Å². The first-order chi connectivity index (χ1) is 16.7. The van der Waals surface area contributed by atoms with Crippen molar-refractivity contribution in [2.24, 2.45) is 0 Å². The summed E-state index contributed by atoms with van der Waals surface area (Å²) in [5, 5.41) is 9.46. The molecule has 0 spiro atoms. The van der Waals surface area contributed by atoms with E-state index in [0.717, 1.165) is 22.0 Å². The fourth-order valence-electron chi connectivity index (χ4n) is 3.76. The molecule has 7 nitrogen and oxygen atoms in total. The van der Waals surface area contributed by atoms with E-state index < -0.39 is 0 Å². The van der Waals surface area contributed by atoms with Gasteiger partial charge in [0.25, 0.3) is 5.91 Å². The molecule has 3 N–H and O–H groups in total. The summed E-state index contributed by atoms with van der Waals surface area (Å²) in [6, 6.07) is 15.2. The number of rotatable bonds is 4. The molecule has 2 aromatic heterocycles. The normalized spacial score (nSPS) is 13.7. The van der Waals surface area contributed by atoms with Crippen molar-refractivity contribution in [2.45, 2.75) is 0 Å². The van der Waals surface area contributed by atoms with Crippen LogP contribution in [-0.2, 0) is 4.74 Å². The smallest absolute Gasteiger partial charge is 0.254 e. The molecule has 7 heteroatoms. The molecule has 2 aromatic carbocycles. The first kappa shape index (κ1) is 21.4. The van der Waals surface area contributed by atoms with Crippen LogP contribution in [0, 0.1) is 17.3 Å². The second-order valence-corrected chi connectivity index (χ2v) is 7.94.